The van der Waals surface area contributed by atoms with Gasteiger partial charge in [0, 0.05) is 19.8 Å². The summed E-state index contributed by atoms with van der Waals surface area (Å²) >= 11 is 0. The Morgan fingerprint density at radius 3 is 1.14 bits per heavy atom. The minimum absolute atomic E-state index is 0. The van der Waals surface area contributed by atoms with Gasteiger partial charge in [-0.3, -0.25) is 0 Å². The molecule has 4 nitrogen and oxygen atoms in total. The molecule has 0 rings (SSSR count). The van der Waals surface area contributed by atoms with Crippen LogP contribution < -0.4 is 14.7 Å². The summed E-state index contributed by atoms with van der Waals surface area (Å²) in [5.74, 6) is 0. The fourth-order valence-corrected chi connectivity index (χ4v) is 0. The molecule has 0 amide bonds. The van der Waals surface area contributed by atoms with Gasteiger partial charge in [0.05, 0.1) is 0 Å². The molecule has 4 radical (unpaired) electrons. The van der Waals surface area contributed by atoms with Crippen LogP contribution in [0.5, 0.6) is 0 Å². The molecule has 38 valence electrons. The van der Waals surface area contributed by atoms with Crippen molar-refractivity contribution in [3.05, 3.63) is 0 Å². The monoisotopic (exact) mass is 216 g/mol. The van der Waals surface area contributed by atoms with Crippen molar-refractivity contribution < 1.29 is 36.6 Å². The van der Waals surface area contributed by atoms with E-state index in [1.165, 1.54) is 0 Å². The van der Waals surface area contributed by atoms with Crippen molar-refractivity contribution in [1.82, 2.24) is 0 Å². The first-order valence-electron chi connectivity index (χ1n) is 0.730. The fraction of sp³-hybridized carbons (Fsp3) is 0. The molecule has 0 aliphatic heterocycles. The third-order valence-electron chi connectivity index (χ3n) is 0. The van der Waals surface area contributed by atoms with Crippen LogP contribution >= 0.6 is 7.82 Å². The molecule has 0 aliphatic carbocycles. The molecule has 0 saturated heterocycles. The van der Waals surface area contributed by atoms with Gasteiger partial charge in [-0.15, -0.1) is 0 Å². The zero-order chi connectivity index (χ0) is 4.50. The van der Waals surface area contributed by atoms with Crippen LogP contribution in [0.2, 0.25) is 0 Å². The van der Waals surface area contributed by atoms with Gasteiger partial charge in [0.15, 0.2) is 0 Å². The Hall–Kier alpha value is 1.28. The number of phosphoric acid groups is 1. The van der Waals surface area contributed by atoms with Crippen LogP contribution in [-0.2, 0) is 21.9 Å². The summed E-state index contributed by atoms with van der Waals surface area (Å²) in [5, 5.41) is 0. The van der Waals surface area contributed by atoms with E-state index in [4.69, 9.17) is 19.2 Å². The van der Waals surface area contributed by atoms with Gasteiger partial charge < -0.3 is 19.2 Å². The minimum Gasteiger partial charge on any atom is -0.822 e. The molecule has 0 fully saturated rings. The second-order valence-electron chi connectivity index (χ2n) is 0.447. The summed E-state index contributed by atoms with van der Waals surface area (Å²) in [4.78, 5) is 25.6. The first-order chi connectivity index (χ1) is 2.00. The second-order valence-corrected chi connectivity index (χ2v) is 1.34. The van der Waals surface area contributed by atoms with E-state index in [0.717, 1.165) is 0 Å². The first kappa shape index (κ1) is 15.7. The Labute approximate surface area is 64.4 Å². The molecule has 7 heteroatoms. The topological polar surface area (TPSA) is 86.2 Å². The molecule has 0 heterocycles. The standard InChI is InChI=1S/Cr.Ga.H3O4P/c;;1-5(2,3)4/h;;(H3,1,2,3,4)/q+3;;/p-3. The first-order valence-corrected chi connectivity index (χ1v) is 2.19. The molecule has 0 atom stereocenters. The van der Waals surface area contributed by atoms with Gasteiger partial charge in [0.25, 0.3) is 0 Å². The van der Waals surface area contributed by atoms with Gasteiger partial charge in [-0.1, -0.05) is 0 Å². The van der Waals surface area contributed by atoms with Crippen molar-refractivity contribution >= 4 is 27.6 Å². The maximum Gasteiger partial charge on any atom is 3.00 e. The summed E-state index contributed by atoms with van der Waals surface area (Å²) in [5.41, 5.74) is 0. The Morgan fingerprint density at radius 2 is 1.14 bits per heavy atom. The Balaban J connectivity index is -0.0000000800. The molecule has 0 N–H and O–H groups in total. The average Bonchev–Trinajstić information content (AvgIpc) is 0.722. The van der Waals surface area contributed by atoms with Crippen molar-refractivity contribution in [2.45, 2.75) is 0 Å². The predicted molar refractivity (Wildman–Crippen MR) is 13.4 cm³/mol. The Kier molecular flexibility index (Phi) is 12.2. The van der Waals surface area contributed by atoms with Crippen LogP contribution in [-0.4, -0.2) is 19.8 Å². The largest absolute Gasteiger partial charge is 3.00 e. The number of hydrogen-bond acceptors (Lipinski definition) is 4. The average molecular weight is 217 g/mol. The van der Waals surface area contributed by atoms with Crippen molar-refractivity contribution in [1.29, 1.82) is 0 Å². The van der Waals surface area contributed by atoms with Gasteiger partial charge in [-0.05, 0) is 0 Å². The molecule has 0 aliphatic rings. The molecular formula is CrGaO4P. The van der Waals surface area contributed by atoms with E-state index in [1.54, 1.807) is 0 Å². The van der Waals surface area contributed by atoms with Crippen LogP contribution in [0.25, 0.3) is 0 Å². The molecule has 0 aromatic rings. The number of rotatable bonds is 0. The zero-order valence-electron chi connectivity index (χ0n) is 3.07. The zero-order valence-corrected chi connectivity index (χ0v) is 7.66. The molecule has 0 aromatic carbocycles. The fourth-order valence-electron chi connectivity index (χ4n) is 0. The van der Waals surface area contributed by atoms with Crippen LogP contribution in [0.15, 0.2) is 0 Å². The van der Waals surface area contributed by atoms with E-state index in [9.17, 15) is 0 Å². The summed E-state index contributed by atoms with van der Waals surface area (Å²) in [6.45, 7) is 0. The van der Waals surface area contributed by atoms with E-state index in [1.807, 2.05) is 0 Å². The molecule has 0 unspecified atom stereocenters. The van der Waals surface area contributed by atoms with Crippen LogP contribution in [0.4, 0.5) is 0 Å². The van der Waals surface area contributed by atoms with Crippen LogP contribution in [0, 0.1) is 0 Å². The van der Waals surface area contributed by atoms with Gasteiger partial charge in [0.1, 0.15) is 0 Å². The van der Waals surface area contributed by atoms with Crippen molar-refractivity contribution in [2.75, 3.05) is 0 Å². The van der Waals surface area contributed by atoms with Crippen molar-refractivity contribution in [2.24, 2.45) is 0 Å². The summed E-state index contributed by atoms with van der Waals surface area (Å²) in [7, 11) is -5.39. The van der Waals surface area contributed by atoms with Gasteiger partial charge >= 0.3 is 17.4 Å². The van der Waals surface area contributed by atoms with E-state index in [0.29, 0.717) is 0 Å². The quantitative estimate of drug-likeness (QED) is 0.315. The molecule has 0 spiro atoms. The summed E-state index contributed by atoms with van der Waals surface area (Å²) in [6.07, 6.45) is 0. The third kappa shape index (κ3) is 124. The maximum atomic E-state index is 8.55. The van der Waals surface area contributed by atoms with Crippen molar-refractivity contribution in [3.8, 4) is 0 Å². The molecule has 0 saturated carbocycles. The molecular weight excluding hydrogens is 217 g/mol. The normalized spacial score (nSPS) is 8.43. The Bertz CT molecular complexity index is 57.8. The van der Waals surface area contributed by atoms with Crippen LogP contribution in [0.1, 0.15) is 0 Å². The van der Waals surface area contributed by atoms with E-state index in [2.05, 4.69) is 0 Å². The second kappa shape index (κ2) is 5.42. The van der Waals surface area contributed by atoms with Gasteiger partial charge in [-0.2, -0.15) is 7.82 Å². The van der Waals surface area contributed by atoms with Crippen molar-refractivity contribution in [3.63, 3.8) is 0 Å². The predicted octanol–water partition coefficient (Wildman–Crippen LogP) is -3.21. The molecule has 0 bridgehead atoms. The molecule has 0 aromatic heterocycles. The van der Waals surface area contributed by atoms with Gasteiger partial charge in [-0.25, -0.2) is 0 Å². The smallest absolute Gasteiger partial charge is 0.822 e. The SMILES string of the molecule is O=P([O-])([O-])[O-].[Cr+3].[Ga]. The summed E-state index contributed by atoms with van der Waals surface area (Å²) in [6, 6.07) is 0. The maximum absolute atomic E-state index is 8.55. The minimum atomic E-state index is -5.39. The van der Waals surface area contributed by atoms with Crippen LogP contribution in [0.3, 0.4) is 0 Å². The van der Waals surface area contributed by atoms with E-state index in [-0.39, 0.29) is 37.2 Å². The Morgan fingerprint density at radius 1 is 1.14 bits per heavy atom. The third-order valence-corrected chi connectivity index (χ3v) is 0. The summed E-state index contributed by atoms with van der Waals surface area (Å²) < 4.78 is 8.55. The van der Waals surface area contributed by atoms with Gasteiger partial charge in [0.2, 0.25) is 0 Å². The van der Waals surface area contributed by atoms with E-state index < -0.39 is 7.82 Å². The number of hydrogen-bond donors (Lipinski definition) is 0. The van der Waals surface area contributed by atoms with E-state index >= 15 is 0 Å². The molecule has 7 heavy (non-hydrogen) atoms.